The van der Waals surface area contributed by atoms with E-state index in [0.717, 1.165) is 0 Å². The summed E-state index contributed by atoms with van der Waals surface area (Å²) in [7, 11) is 0. The van der Waals surface area contributed by atoms with E-state index in [9.17, 15) is 43.5 Å². The number of nitrogens with two attached hydrogens (primary N) is 3. The van der Waals surface area contributed by atoms with Crippen molar-refractivity contribution in [2.75, 3.05) is 79.0 Å². The SMILES string of the molecule is C[C@H](N)C(=O)NCCOCCOCCOCCOCC(=O)NCC[C@@H]1NC(=O)[C@@H](Cc2ccccc2)NC(=O)[C@H](CC(=O)O)NC(=O)CNC(=O)[C@H](CCCN=C(N)N)NC1=O. The molecule has 62 heavy (non-hydrogen) atoms. The van der Waals surface area contributed by atoms with Gasteiger partial charge in [0.15, 0.2) is 5.96 Å². The molecule has 1 aliphatic heterocycles. The van der Waals surface area contributed by atoms with E-state index in [-0.39, 0.29) is 77.1 Å². The molecule has 2 rings (SSSR count). The number of carboxylic acids is 1. The van der Waals surface area contributed by atoms with Crippen molar-refractivity contribution in [2.45, 2.75) is 69.2 Å². The fraction of sp³-hybridized carbons (Fsp3) is 0.605. The number of hydrogen-bond acceptors (Lipinski definition) is 14. The first-order chi connectivity index (χ1) is 29.7. The molecule has 5 atom stereocenters. The highest BCUT2D eigenvalue weighted by atomic mass is 16.6. The zero-order valence-electron chi connectivity index (χ0n) is 34.8. The van der Waals surface area contributed by atoms with Crippen LogP contribution in [0.4, 0.5) is 0 Å². The summed E-state index contributed by atoms with van der Waals surface area (Å²) < 4.78 is 21.5. The lowest BCUT2D eigenvalue weighted by molar-refractivity contribution is -0.141. The molecule has 24 heteroatoms. The number of carboxylic acid groups (broad SMARTS) is 1. The average Bonchev–Trinajstić information content (AvgIpc) is 3.22. The smallest absolute Gasteiger partial charge is 0.305 e. The summed E-state index contributed by atoms with van der Waals surface area (Å²) >= 11 is 0. The predicted octanol–water partition coefficient (Wildman–Crippen LogP) is -5.14. The Labute approximate surface area is 358 Å². The van der Waals surface area contributed by atoms with Crippen LogP contribution in [0.15, 0.2) is 35.3 Å². The molecule has 1 aromatic carbocycles. The van der Waals surface area contributed by atoms with Crippen LogP contribution in [0.1, 0.15) is 38.2 Å². The molecule has 0 radical (unpaired) electrons. The molecule has 0 saturated carbocycles. The molecule has 7 amide bonds. The number of hydrogen-bond donors (Lipinski definition) is 11. The summed E-state index contributed by atoms with van der Waals surface area (Å²) in [6, 6.07) is 2.31. The van der Waals surface area contributed by atoms with E-state index in [2.05, 4.69) is 42.2 Å². The minimum absolute atomic E-state index is 0.00650. The summed E-state index contributed by atoms with van der Waals surface area (Å²) in [6.07, 6.45) is -0.913. The van der Waals surface area contributed by atoms with Gasteiger partial charge in [-0.1, -0.05) is 30.3 Å². The normalized spacial score (nSPS) is 19.2. The monoisotopic (exact) mass is 879 g/mol. The quantitative estimate of drug-likeness (QED) is 0.0235. The molecule has 1 aromatic rings. The summed E-state index contributed by atoms with van der Waals surface area (Å²) in [5.74, 6) is -6.79. The topological polar surface area (TPSA) is 368 Å². The number of carbonyl (C=O) groups excluding carboxylic acids is 7. The van der Waals surface area contributed by atoms with Crippen LogP contribution in [-0.4, -0.2) is 168 Å². The lowest BCUT2D eigenvalue weighted by atomic mass is 10.0. The van der Waals surface area contributed by atoms with Gasteiger partial charge in [0.25, 0.3) is 0 Å². The van der Waals surface area contributed by atoms with Crippen molar-refractivity contribution in [1.82, 2.24) is 37.2 Å². The minimum Gasteiger partial charge on any atom is -0.481 e. The van der Waals surface area contributed by atoms with Crippen LogP contribution < -0.4 is 54.4 Å². The number of aliphatic imine (C=N–C) groups is 1. The van der Waals surface area contributed by atoms with Crippen molar-refractivity contribution in [1.29, 1.82) is 0 Å². The summed E-state index contributed by atoms with van der Waals surface area (Å²) in [5, 5.41) is 27.0. The van der Waals surface area contributed by atoms with E-state index in [1.165, 1.54) is 0 Å². The van der Waals surface area contributed by atoms with Crippen LogP contribution in [-0.2, 0) is 63.7 Å². The van der Waals surface area contributed by atoms with Gasteiger partial charge < -0.3 is 78.5 Å². The number of nitrogens with zero attached hydrogens (tertiary/aromatic N) is 1. The fourth-order valence-electron chi connectivity index (χ4n) is 5.48. The third-order valence-corrected chi connectivity index (χ3v) is 8.64. The molecular formula is C38H61N11O13. The third-order valence-electron chi connectivity index (χ3n) is 8.64. The van der Waals surface area contributed by atoms with Crippen molar-refractivity contribution >= 4 is 53.3 Å². The number of nitrogens with one attached hydrogen (secondary N) is 7. The summed E-state index contributed by atoms with van der Waals surface area (Å²) in [5.41, 5.74) is 16.9. The lowest BCUT2D eigenvalue weighted by Crippen LogP contribution is -2.58. The van der Waals surface area contributed by atoms with Gasteiger partial charge in [-0.05, 0) is 31.7 Å². The molecule has 1 heterocycles. The van der Waals surface area contributed by atoms with E-state index >= 15 is 0 Å². The Balaban J connectivity index is 2.03. The van der Waals surface area contributed by atoms with Crippen LogP contribution >= 0.6 is 0 Å². The molecule has 0 aliphatic carbocycles. The first kappa shape index (κ1) is 52.2. The predicted molar refractivity (Wildman–Crippen MR) is 221 cm³/mol. The molecule has 1 aliphatic rings. The zero-order chi connectivity index (χ0) is 45.7. The molecule has 1 fully saturated rings. The van der Waals surface area contributed by atoms with Crippen molar-refractivity contribution in [3.63, 3.8) is 0 Å². The Bertz CT molecular complexity index is 1630. The maximum absolute atomic E-state index is 13.9. The largest absolute Gasteiger partial charge is 0.481 e. The van der Waals surface area contributed by atoms with Gasteiger partial charge in [-0.3, -0.25) is 43.3 Å². The van der Waals surface area contributed by atoms with Crippen LogP contribution in [0, 0.1) is 0 Å². The van der Waals surface area contributed by atoms with Gasteiger partial charge in [0.05, 0.1) is 65.3 Å². The molecule has 0 unspecified atom stereocenters. The van der Waals surface area contributed by atoms with E-state index in [4.69, 9.17) is 36.1 Å². The van der Waals surface area contributed by atoms with Crippen molar-refractivity contribution in [3.8, 4) is 0 Å². The molecular weight excluding hydrogens is 818 g/mol. The van der Waals surface area contributed by atoms with Crippen LogP contribution in [0.3, 0.4) is 0 Å². The fourth-order valence-corrected chi connectivity index (χ4v) is 5.48. The molecule has 0 bridgehead atoms. The van der Waals surface area contributed by atoms with Gasteiger partial charge in [0, 0.05) is 26.1 Å². The molecule has 0 spiro atoms. The maximum atomic E-state index is 13.9. The summed E-state index contributed by atoms with van der Waals surface area (Å²) in [4.78, 5) is 107. The van der Waals surface area contributed by atoms with E-state index < -0.39 is 84.6 Å². The number of guanidine groups is 1. The second-order valence-corrected chi connectivity index (χ2v) is 13.9. The van der Waals surface area contributed by atoms with Crippen molar-refractivity contribution < 1.29 is 62.4 Å². The Morgan fingerprint density at radius 1 is 0.742 bits per heavy atom. The third kappa shape index (κ3) is 23.2. The highest BCUT2D eigenvalue weighted by molar-refractivity contribution is 5.98. The second kappa shape index (κ2) is 30.1. The van der Waals surface area contributed by atoms with Gasteiger partial charge in [-0.2, -0.15) is 0 Å². The number of carbonyl (C=O) groups is 8. The summed E-state index contributed by atoms with van der Waals surface area (Å²) in [6.45, 7) is 2.63. The average molecular weight is 880 g/mol. The second-order valence-electron chi connectivity index (χ2n) is 13.9. The van der Waals surface area contributed by atoms with Gasteiger partial charge in [0.1, 0.15) is 30.8 Å². The Morgan fingerprint density at radius 2 is 1.31 bits per heavy atom. The zero-order valence-corrected chi connectivity index (χ0v) is 34.8. The van der Waals surface area contributed by atoms with Gasteiger partial charge in [0.2, 0.25) is 41.4 Å². The molecule has 346 valence electrons. The Kier molecular flexibility index (Phi) is 25.4. The van der Waals surface area contributed by atoms with Gasteiger partial charge in [-0.25, -0.2) is 0 Å². The molecule has 1 saturated heterocycles. The van der Waals surface area contributed by atoms with Crippen LogP contribution in [0.25, 0.3) is 0 Å². The van der Waals surface area contributed by atoms with E-state index in [1.807, 2.05) is 0 Å². The highest BCUT2D eigenvalue weighted by Crippen LogP contribution is 2.08. The molecule has 14 N–H and O–H groups in total. The Hall–Kier alpha value is -5.95. The van der Waals surface area contributed by atoms with Crippen LogP contribution in [0.2, 0.25) is 0 Å². The minimum atomic E-state index is -1.63. The van der Waals surface area contributed by atoms with Crippen molar-refractivity contribution in [3.05, 3.63) is 35.9 Å². The number of benzene rings is 1. The van der Waals surface area contributed by atoms with E-state index in [1.54, 1.807) is 37.3 Å². The van der Waals surface area contributed by atoms with Gasteiger partial charge >= 0.3 is 5.97 Å². The van der Waals surface area contributed by atoms with Gasteiger partial charge in [-0.15, -0.1) is 0 Å². The first-order valence-electron chi connectivity index (χ1n) is 20.1. The van der Waals surface area contributed by atoms with E-state index in [0.29, 0.717) is 38.5 Å². The lowest BCUT2D eigenvalue weighted by Gasteiger charge is -2.26. The van der Waals surface area contributed by atoms with Crippen molar-refractivity contribution in [2.24, 2.45) is 22.2 Å². The standard InChI is InChI=1S/C38H61N11O13/c1-24(39)33(54)43-12-13-59-14-15-60-16-17-61-18-19-62-23-31(51)42-11-9-27-35(56)47-26(8-5-10-44-38(40)41)34(55)45-22-30(50)46-29(21-32(52)53)37(58)49-28(36(57)48-27)20-25-6-3-2-4-7-25/h2-4,6-7,24,26-29H,5,8-23,39H2,1H3,(H,42,51)(H,43,54)(H,45,55)(H,46,50)(H,47,56)(H,48,57)(H,49,58)(H,52,53)(H4,40,41,44)/t24-,26-,27-,28+,29-/m0/s1. The molecule has 24 nitrogen and oxygen atoms in total. The first-order valence-corrected chi connectivity index (χ1v) is 20.1. The number of rotatable bonds is 26. The number of amides is 7. The Morgan fingerprint density at radius 3 is 1.92 bits per heavy atom. The maximum Gasteiger partial charge on any atom is 0.305 e. The number of aliphatic carboxylic acids is 1. The number of ether oxygens (including phenoxy) is 4. The molecule has 0 aromatic heterocycles. The highest BCUT2D eigenvalue weighted by Gasteiger charge is 2.33. The van der Waals surface area contributed by atoms with Crippen LogP contribution in [0.5, 0.6) is 0 Å².